The van der Waals surface area contributed by atoms with E-state index >= 15 is 0 Å². The number of carbonyl (C=O) groups is 2. The maximum atomic E-state index is 11.1. The van der Waals surface area contributed by atoms with Gasteiger partial charge in [-0.25, -0.2) is 9.59 Å². The van der Waals surface area contributed by atoms with Crippen molar-refractivity contribution in [3.63, 3.8) is 0 Å². The van der Waals surface area contributed by atoms with Gasteiger partial charge in [-0.2, -0.15) is 0 Å². The molecule has 0 saturated heterocycles. The topological polar surface area (TPSA) is 72.8 Å². The quantitative estimate of drug-likeness (QED) is 0.425. The molecule has 0 heterocycles. The molecule has 0 saturated carbocycles. The number of hydrogen-bond acceptors (Lipinski definition) is 5. The summed E-state index contributed by atoms with van der Waals surface area (Å²) in [4.78, 5) is 22.2. The summed E-state index contributed by atoms with van der Waals surface area (Å²) < 4.78 is 9.61. The first-order valence-electron chi connectivity index (χ1n) is 5.61. The zero-order valence-electron chi connectivity index (χ0n) is 11.1. The lowest BCUT2D eigenvalue weighted by Gasteiger charge is -2.17. The van der Waals surface area contributed by atoms with Crippen LogP contribution in [0.2, 0.25) is 0 Å². The summed E-state index contributed by atoms with van der Waals surface area (Å²) in [5.41, 5.74) is 0.534. The Morgan fingerprint density at radius 2 is 1.67 bits per heavy atom. The van der Waals surface area contributed by atoms with E-state index in [4.69, 9.17) is 9.47 Å². The highest BCUT2D eigenvalue weighted by molar-refractivity contribution is 5.87. The summed E-state index contributed by atoms with van der Waals surface area (Å²) in [5, 5.41) is 9.47. The smallest absolute Gasteiger partial charge is 0.335 e. The molecule has 2 atom stereocenters. The lowest BCUT2D eigenvalue weighted by Crippen LogP contribution is -2.23. The molecule has 0 rings (SSSR count). The Morgan fingerprint density at radius 3 is 2.11 bits per heavy atom. The zero-order valence-corrected chi connectivity index (χ0v) is 11.1. The summed E-state index contributed by atoms with van der Waals surface area (Å²) in [5.74, 6) is -1.26. The van der Waals surface area contributed by atoms with Gasteiger partial charge >= 0.3 is 11.9 Å². The van der Waals surface area contributed by atoms with E-state index in [0.717, 1.165) is 0 Å². The molecule has 0 aliphatic heterocycles. The van der Waals surface area contributed by atoms with E-state index in [-0.39, 0.29) is 24.5 Å². The van der Waals surface area contributed by atoms with E-state index in [9.17, 15) is 14.7 Å². The number of ether oxygens (including phenoxy) is 2. The zero-order chi connectivity index (χ0) is 14.3. The Labute approximate surface area is 107 Å². The van der Waals surface area contributed by atoms with Crippen molar-refractivity contribution in [3.05, 3.63) is 24.3 Å². The Balaban J connectivity index is 3.97. The van der Waals surface area contributed by atoms with E-state index in [1.54, 1.807) is 13.8 Å². The Morgan fingerprint density at radius 1 is 1.17 bits per heavy atom. The van der Waals surface area contributed by atoms with Crippen molar-refractivity contribution >= 4 is 11.9 Å². The van der Waals surface area contributed by atoms with Crippen LogP contribution in [0.1, 0.15) is 27.2 Å². The fraction of sp³-hybridized carbons (Fsp3) is 0.538. The Hall–Kier alpha value is -1.62. The maximum Gasteiger partial charge on any atom is 0.335 e. The van der Waals surface area contributed by atoms with Gasteiger partial charge in [0.2, 0.25) is 6.29 Å². The first kappa shape index (κ1) is 16.4. The third kappa shape index (κ3) is 6.85. The second kappa shape index (κ2) is 7.66. The van der Waals surface area contributed by atoms with Gasteiger partial charge in [-0.15, -0.1) is 0 Å². The molecule has 0 radical (unpaired) electrons. The standard InChI is InChI=1S/C13H20O5/c1-8(2)12(15)17-7-10(5)6-11(14)18-13(16)9(3)4/h10-11,14H,1,3,6-7H2,2,4-5H3. The number of hydrogen-bond donors (Lipinski definition) is 1. The van der Waals surface area contributed by atoms with Crippen molar-refractivity contribution in [2.24, 2.45) is 5.92 Å². The number of esters is 2. The number of carbonyl (C=O) groups excluding carboxylic acids is 2. The normalized spacial score (nSPS) is 13.3. The summed E-state index contributed by atoms with van der Waals surface area (Å²) in [7, 11) is 0. The molecule has 1 N–H and O–H groups in total. The van der Waals surface area contributed by atoms with Crippen molar-refractivity contribution in [1.29, 1.82) is 0 Å². The van der Waals surface area contributed by atoms with Gasteiger partial charge in [0.05, 0.1) is 6.61 Å². The van der Waals surface area contributed by atoms with Crippen LogP contribution in [0.4, 0.5) is 0 Å². The van der Waals surface area contributed by atoms with Crippen molar-refractivity contribution in [2.75, 3.05) is 6.61 Å². The second-order valence-corrected chi connectivity index (χ2v) is 4.36. The minimum absolute atomic E-state index is 0.132. The van der Waals surface area contributed by atoms with Crippen LogP contribution in [0, 0.1) is 5.92 Å². The Kier molecular flexibility index (Phi) is 6.97. The van der Waals surface area contributed by atoms with Gasteiger partial charge in [-0.05, 0) is 19.8 Å². The highest BCUT2D eigenvalue weighted by Crippen LogP contribution is 2.10. The molecular formula is C13H20O5. The summed E-state index contributed by atoms with van der Waals surface area (Å²) in [6.07, 6.45) is -1.05. The van der Waals surface area contributed by atoms with Gasteiger partial charge in [0.25, 0.3) is 0 Å². The minimum Gasteiger partial charge on any atom is -0.462 e. The predicted octanol–water partition coefficient (Wildman–Crippen LogP) is 1.57. The van der Waals surface area contributed by atoms with Crippen LogP contribution in [0.3, 0.4) is 0 Å². The molecule has 102 valence electrons. The van der Waals surface area contributed by atoms with E-state index in [1.165, 1.54) is 6.92 Å². The summed E-state index contributed by atoms with van der Waals surface area (Å²) in [6.45, 7) is 11.8. The number of rotatable bonds is 7. The van der Waals surface area contributed by atoms with Gasteiger partial charge in [0.1, 0.15) is 0 Å². The third-order valence-corrected chi connectivity index (χ3v) is 2.04. The van der Waals surface area contributed by atoms with Crippen molar-refractivity contribution in [3.8, 4) is 0 Å². The van der Waals surface area contributed by atoms with Gasteiger partial charge in [-0.1, -0.05) is 20.1 Å². The first-order chi connectivity index (χ1) is 8.23. The molecule has 0 aromatic heterocycles. The molecule has 5 nitrogen and oxygen atoms in total. The monoisotopic (exact) mass is 256 g/mol. The third-order valence-electron chi connectivity index (χ3n) is 2.04. The van der Waals surface area contributed by atoms with E-state index in [1.807, 2.05) is 0 Å². The molecule has 0 amide bonds. The van der Waals surface area contributed by atoms with Crippen LogP contribution >= 0.6 is 0 Å². The van der Waals surface area contributed by atoms with Crippen LogP contribution < -0.4 is 0 Å². The Bertz CT molecular complexity index is 345. The highest BCUT2D eigenvalue weighted by Gasteiger charge is 2.16. The van der Waals surface area contributed by atoms with Crippen LogP contribution in [0.15, 0.2) is 24.3 Å². The van der Waals surface area contributed by atoms with Gasteiger partial charge < -0.3 is 14.6 Å². The van der Waals surface area contributed by atoms with E-state index in [2.05, 4.69) is 13.2 Å². The number of aliphatic hydroxyl groups excluding tert-OH is 1. The molecule has 2 unspecified atom stereocenters. The molecule has 0 spiro atoms. The van der Waals surface area contributed by atoms with Gasteiger partial charge in [-0.3, -0.25) is 0 Å². The highest BCUT2D eigenvalue weighted by atomic mass is 16.6. The molecule has 0 aromatic rings. The fourth-order valence-electron chi connectivity index (χ4n) is 1.03. The molecule has 5 heteroatoms. The largest absolute Gasteiger partial charge is 0.462 e. The van der Waals surface area contributed by atoms with Crippen molar-refractivity contribution in [1.82, 2.24) is 0 Å². The average molecular weight is 256 g/mol. The lowest BCUT2D eigenvalue weighted by atomic mass is 10.1. The van der Waals surface area contributed by atoms with Crippen LogP contribution in [0.5, 0.6) is 0 Å². The molecular weight excluding hydrogens is 236 g/mol. The summed E-state index contributed by atoms with van der Waals surface area (Å²) in [6, 6.07) is 0. The molecule has 0 aliphatic carbocycles. The van der Waals surface area contributed by atoms with Crippen LogP contribution in [-0.4, -0.2) is 29.9 Å². The van der Waals surface area contributed by atoms with E-state index in [0.29, 0.717) is 5.57 Å². The fourth-order valence-corrected chi connectivity index (χ4v) is 1.03. The molecule has 18 heavy (non-hydrogen) atoms. The van der Waals surface area contributed by atoms with Crippen LogP contribution in [-0.2, 0) is 19.1 Å². The van der Waals surface area contributed by atoms with Gasteiger partial charge in [0, 0.05) is 17.6 Å². The average Bonchev–Trinajstić information content (AvgIpc) is 2.24. The lowest BCUT2D eigenvalue weighted by molar-refractivity contribution is -0.166. The van der Waals surface area contributed by atoms with Crippen molar-refractivity contribution in [2.45, 2.75) is 33.5 Å². The van der Waals surface area contributed by atoms with Crippen molar-refractivity contribution < 1.29 is 24.2 Å². The van der Waals surface area contributed by atoms with E-state index < -0.39 is 18.2 Å². The summed E-state index contributed by atoms with van der Waals surface area (Å²) >= 11 is 0. The minimum atomic E-state index is -1.23. The van der Waals surface area contributed by atoms with Gasteiger partial charge in [0.15, 0.2) is 0 Å². The number of aliphatic hydroxyl groups is 1. The molecule has 0 aliphatic rings. The predicted molar refractivity (Wildman–Crippen MR) is 66.5 cm³/mol. The molecule has 0 aromatic carbocycles. The second-order valence-electron chi connectivity index (χ2n) is 4.36. The maximum absolute atomic E-state index is 11.1. The van der Waals surface area contributed by atoms with Crippen LogP contribution in [0.25, 0.3) is 0 Å². The molecule has 0 bridgehead atoms. The first-order valence-corrected chi connectivity index (χ1v) is 5.61. The molecule has 0 fully saturated rings. The SMILES string of the molecule is C=C(C)C(=O)OCC(C)CC(O)OC(=O)C(=C)C.